The van der Waals surface area contributed by atoms with Gasteiger partial charge in [0, 0.05) is 38.9 Å². The Morgan fingerprint density at radius 3 is 2.58 bits per heavy atom. The van der Waals surface area contributed by atoms with Crippen molar-refractivity contribution in [2.45, 2.75) is 31.8 Å². The second-order valence-electron chi connectivity index (χ2n) is 7.62. The van der Waals surface area contributed by atoms with Gasteiger partial charge >= 0.3 is 6.36 Å². The van der Waals surface area contributed by atoms with Crippen molar-refractivity contribution in [1.82, 2.24) is 10.2 Å². The molecule has 1 aromatic rings. The maximum Gasteiger partial charge on any atom is 0.573 e. The Bertz CT molecular complexity index is 607. The van der Waals surface area contributed by atoms with Crippen molar-refractivity contribution in [3.63, 3.8) is 0 Å². The third-order valence-electron chi connectivity index (χ3n) is 5.95. The fourth-order valence-electron chi connectivity index (χ4n) is 4.57. The van der Waals surface area contributed by atoms with E-state index in [4.69, 9.17) is 4.74 Å². The van der Waals surface area contributed by atoms with Gasteiger partial charge in [0.15, 0.2) is 0 Å². The number of nitrogens with one attached hydrogen (secondary N) is 1. The molecular formula is C19H25F3N2O2. The number of benzene rings is 1. The smallest absolute Gasteiger partial charge is 0.406 e. The number of likely N-dealkylation sites (tertiary alicyclic amines) is 1. The summed E-state index contributed by atoms with van der Waals surface area (Å²) in [5, 5.41) is 3.40. The molecule has 1 aromatic carbocycles. The van der Waals surface area contributed by atoms with E-state index in [1.807, 2.05) is 6.07 Å². The van der Waals surface area contributed by atoms with E-state index < -0.39 is 6.36 Å². The van der Waals surface area contributed by atoms with Gasteiger partial charge in [-0.1, -0.05) is 12.1 Å². The summed E-state index contributed by atoms with van der Waals surface area (Å²) >= 11 is 0. The lowest BCUT2D eigenvalue weighted by Crippen LogP contribution is -2.40. The van der Waals surface area contributed by atoms with E-state index in [0.29, 0.717) is 18.5 Å². The van der Waals surface area contributed by atoms with Crippen LogP contribution in [0.4, 0.5) is 13.2 Å². The summed E-state index contributed by atoms with van der Waals surface area (Å²) in [7, 11) is 0. The van der Waals surface area contributed by atoms with Crippen molar-refractivity contribution in [3.8, 4) is 5.75 Å². The molecule has 2 unspecified atom stereocenters. The summed E-state index contributed by atoms with van der Waals surface area (Å²) in [6, 6.07) is 6.88. The van der Waals surface area contributed by atoms with Gasteiger partial charge in [0.1, 0.15) is 5.75 Å². The first-order chi connectivity index (χ1) is 12.5. The van der Waals surface area contributed by atoms with Crippen LogP contribution in [0.5, 0.6) is 5.75 Å². The molecule has 4 rings (SSSR count). The SMILES string of the molecule is FC(F)(F)Oc1cccc(CNCC2C3CN(C4CCOCC4)CC23)c1. The van der Waals surface area contributed by atoms with Crippen LogP contribution in [-0.4, -0.2) is 50.2 Å². The van der Waals surface area contributed by atoms with Crippen LogP contribution >= 0.6 is 0 Å². The van der Waals surface area contributed by atoms with E-state index >= 15 is 0 Å². The Labute approximate surface area is 151 Å². The minimum absolute atomic E-state index is 0.160. The molecule has 1 saturated carbocycles. The fourth-order valence-corrected chi connectivity index (χ4v) is 4.57. The van der Waals surface area contributed by atoms with Crippen LogP contribution in [0.25, 0.3) is 0 Å². The Balaban J connectivity index is 1.19. The topological polar surface area (TPSA) is 33.7 Å². The average Bonchev–Trinajstić information content (AvgIpc) is 3.05. The van der Waals surface area contributed by atoms with Crippen molar-refractivity contribution >= 4 is 0 Å². The molecular weight excluding hydrogens is 345 g/mol. The van der Waals surface area contributed by atoms with E-state index in [1.165, 1.54) is 25.2 Å². The first kappa shape index (κ1) is 18.1. The number of halogens is 3. The standard InChI is InChI=1S/C19H25F3N2O2/c20-19(21,22)26-15-3-1-2-13(8-15)9-23-10-16-17-11-24(12-18(16)17)14-4-6-25-7-5-14/h1-3,8,14,16-18,23H,4-7,9-12H2. The molecule has 1 aliphatic carbocycles. The number of nitrogens with zero attached hydrogens (tertiary/aromatic N) is 1. The van der Waals surface area contributed by atoms with Crippen LogP contribution in [0.2, 0.25) is 0 Å². The highest BCUT2D eigenvalue weighted by molar-refractivity contribution is 5.28. The molecule has 2 heterocycles. The third kappa shape index (κ3) is 4.32. The monoisotopic (exact) mass is 370 g/mol. The minimum atomic E-state index is -4.64. The molecule has 0 amide bonds. The number of piperidine rings is 1. The zero-order chi connectivity index (χ0) is 18.1. The van der Waals surface area contributed by atoms with Gasteiger partial charge in [-0.2, -0.15) is 0 Å². The van der Waals surface area contributed by atoms with Crippen LogP contribution < -0.4 is 10.1 Å². The van der Waals surface area contributed by atoms with Crippen LogP contribution in [0.3, 0.4) is 0 Å². The Hall–Kier alpha value is -1.31. The molecule has 0 radical (unpaired) electrons. The average molecular weight is 370 g/mol. The lowest BCUT2D eigenvalue weighted by Gasteiger charge is -2.32. The third-order valence-corrected chi connectivity index (χ3v) is 5.95. The molecule has 2 saturated heterocycles. The molecule has 4 nitrogen and oxygen atoms in total. The molecule has 7 heteroatoms. The molecule has 0 aromatic heterocycles. The zero-order valence-electron chi connectivity index (χ0n) is 14.7. The highest BCUT2D eigenvalue weighted by Crippen LogP contribution is 2.52. The van der Waals surface area contributed by atoms with Gasteiger partial charge in [-0.25, -0.2) is 0 Å². The highest BCUT2D eigenvalue weighted by Gasteiger charge is 2.55. The number of ether oxygens (including phenoxy) is 2. The lowest BCUT2D eigenvalue weighted by atomic mass is 10.1. The van der Waals surface area contributed by atoms with Gasteiger partial charge in [0.25, 0.3) is 0 Å². The molecule has 3 aliphatic rings. The summed E-state index contributed by atoms with van der Waals surface area (Å²) in [6.45, 7) is 5.65. The maximum atomic E-state index is 12.3. The summed E-state index contributed by atoms with van der Waals surface area (Å²) < 4.78 is 46.3. The number of fused-ring (bicyclic) bond motifs is 1. The highest BCUT2D eigenvalue weighted by atomic mass is 19.4. The number of alkyl halides is 3. The van der Waals surface area contributed by atoms with Gasteiger partial charge in [0.2, 0.25) is 0 Å². The first-order valence-corrected chi connectivity index (χ1v) is 9.37. The van der Waals surface area contributed by atoms with E-state index in [-0.39, 0.29) is 5.75 Å². The fraction of sp³-hybridized carbons (Fsp3) is 0.684. The Morgan fingerprint density at radius 1 is 1.15 bits per heavy atom. The summed E-state index contributed by atoms with van der Waals surface area (Å²) in [5.41, 5.74) is 0.807. The van der Waals surface area contributed by atoms with Crippen molar-refractivity contribution in [3.05, 3.63) is 29.8 Å². The summed E-state index contributed by atoms with van der Waals surface area (Å²) in [4.78, 5) is 2.63. The van der Waals surface area contributed by atoms with Crippen LogP contribution in [-0.2, 0) is 11.3 Å². The van der Waals surface area contributed by atoms with E-state index in [2.05, 4.69) is 15.0 Å². The molecule has 26 heavy (non-hydrogen) atoms. The zero-order valence-corrected chi connectivity index (χ0v) is 14.7. The predicted molar refractivity (Wildman–Crippen MR) is 90.7 cm³/mol. The molecule has 144 valence electrons. The van der Waals surface area contributed by atoms with Crippen molar-refractivity contribution in [2.24, 2.45) is 17.8 Å². The quantitative estimate of drug-likeness (QED) is 0.835. The second kappa shape index (κ2) is 7.37. The van der Waals surface area contributed by atoms with Crippen LogP contribution in [0.1, 0.15) is 18.4 Å². The van der Waals surface area contributed by atoms with Gasteiger partial charge < -0.3 is 14.8 Å². The molecule has 2 atom stereocenters. The number of hydrogen-bond donors (Lipinski definition) is 1. The van der Waals surface area contributed by atoms with E-state index in [1.54, 1.807) is 6.07 Å². The van der Waals surface area contributed by atoms with Crippen molar-refractivity contribution in [1.29, 1.82) is 0 Å². The maximum absolute atomic E-state index is 12.3. The summed E-state index contributed by atoms with van der Waals surface area (Å²) in [6.07, 6.45) is -2.34. The van der Waals surface area contributed by atoms with Crippen molar-refractivity contribution < 1.29 is 22.6 Å². The van der Waals surface area contributed by atoms with Gasteiger partial charge in [-0.15, -0.1) is 13.2 Å². The second-order valence-corrected chi connectivity index (χ2v) is 7.62. The van der Waals surface area contributed by atoms with Gasteiger partial charge in [0.05, 0.1) is 0 Å². The van der Waals surface area contributed by atoms with E-state index in [0.717, 1.165) is 50.0 Å². The Morgan fingerprint density at radius 2 is 1.88 bits per heavy atom. The molecule has 3 fully saturated rings. The van der Waals surface area contributed by atoms with Gasteiger partial charge in [-0.3, -0.25) is 4.90 Å². The van der Waals surface area contributed by atoms with Gasteiger partial charge in [-0.05, 0) is 54.8 Å². The Kier molecular flexibility index (Phi) is 5.12. The molecule has 0 bridgehead atoms. The molecule has 1 N–H and O–H groups in total. The predicted octanol–water partition coefficient (Wildman–Crippen LogP) is 3.03. The normalized spacial score (nSPS) is 29.6. The molecule has 2 aliphatic heterocycles. The molecule has 0 spiro atoms. The van der Waals surface area contributed by atoms with Crippen LogP contribution in [0, 0.1) is 17.8 Å². The van der Waals surface area contributed by atoms with Crippen LogP contribution in [0.15, 0.2) is 24.3 Å². The lowest BCUT2D eigenvalue weighted by molar-refractivity contribution is -0.274. The largest absolute Gasteiger partial charge is 0.573 e. The minimum Gasteiger partial charge on any atom is -0.406 e. The number of hydrogen-bond acceptors (Lipinski definition) is 4. The van der Waals surface area contributed by atoms with E-state index in [9.17, 15) is 13.2 Å². The first-order valence-electron chi connectivity index (χ1n) is 9.37. The summed E-state index contributed by atoms with van der Waals surface area (Å²) in [5.74, 6) is 2.11. The number of rotatable bonds is 6. The van der Waals surface area contributed by atoms with Crippen molar-refractivity contribution in [2.75, 3.05) is 32.8 Å².